The predicted molar refractivity (Wildman–Crippen MR) is 86.5 cm³/mol. The molecule has 0 saturated carbocycles. The van der Waals surface area contributed by atoms with E-state index in [1.807, 2.05) is 6.92 Å². The number of rotatable bonds is 3. The van der Waals surface area contributed by atoms with Crippen molar-refractivity contribution in [2.45, 2.75) is 37.8 Å². The van der Waals surface area contributed by atoms with Gasteiger partial charge in [0, 0.05) is 10.6 Å². The Morgan fingerprint density at radius 1 is 1.25 bits per heavy atom. The van der Waals surface area contributed by atoms with E-state index in [0.717, 1.165) is 0 Å². The van der Waals surface area contributed by atoms with Crippen LogP contribution in [0.5, 0.6) is 0 Å². The van der Waals surface area contributed by atoms with Gasteiger partial charge in [-0.05, 0) is 36.8 Å². The lowest BCUT2D eigenvalue weighted by Gasteiger charge is -2.40. The molecule has 0 fully saturated rings. The largest absolute Gasteiger partial charge is 0.711 e. The number of alkyl halides is 3. The van der Waals surface area contributed by atoms with Gasteiger partial charge in [-0.2, -0.15) is 13.2 Å². The summed E-state index contributed by atoms with van der Waals surface area (Å²) in [7, 11) is 0. The number of hydrogen-bond donors (Lipinski definition) is 1. The molecule has 0 saturated heterocycles. The van der Waals surface area contributed by atoms with Gasteiger partial charge < -0.3 is 5.21 Å². The highest BCUT2D eigenvalue weighted by atomic mass is 35.5. The van der Waals surface area contributed by atoms with Crippen LogP contribution in [0.4, 0.5) is 24.7 Å². The number of hydrogen-bond acceptors (Lipinski definition) is 2. The lowest BCUT2D eigenvalue weighted by molar-refractivity contribution is -0.590. The van der Waals surface area contributed by atoms with E-state index >= 15 is 0 Å². The monoisotopic (exact) mass is 356 g/mol. The standard InChI is InChI=1S/C17H16ClF3N2O/c1-2-3-8-16(17(19,20)21)12-5-4-9-23(24)15(12)22-14-7-6-11(18)10-13(14)16/h4-7,9-10,22H,2-3,8H2,1H3. The molecule has 0 amide bonds. The highest BCUT2D eigenvalue weighted by Crippen LogP contribution is 2.56. The molecule has 1 aliphatic rings. The first-order valence-corrected chi connectivity index (χ1v) is 8.05. The Morgan fingerprint density at radius 3 is 2.67 bits per heavy atom. The average Bonchev–Trinajstić information content (AvgIpc) is 2.51. The van der Waals surface area contributed by atoms with Crippen LogP contribution in [0.2, 0.25) is 5.02 Å². The second-order valence-electron chi connectivity index (χ2n) is 5.92. The fourth-order valence-corrected chi connectivity index (χ4v) is 3.54. The highest BCUT2D eigenvalue weighted by molar-refractivity contribution is 6.30. The molecule has 3 rings (SSSR count). The van der Waals surface area contributed by atoms with E-state index in [2.05, 4.69) is 5.32 Å². The van der Waals surface area contributed by atoms with E-state index in [0.29, 0.717) is 17.6 Å². The fourth-order valence-electron chi connectivity index (χ4n) is 3.37. The molecule has 0 aliphatic carbocycles. The molecule has 0 bridgehead atoms. The van der Waals surface area contributed by atoms with Crippen molar-refractivity contribution in [1.82, 2.24) is 0 Å². The van der Waals surface area contributed by atoms with Crippen molar-refractivity contribution in [1.29, 1.82) is 0 Å². The molecule has 24 heavy (non-hydrogen) atoms. The summed E-state index contributed by atoms with van der Waals surface area (Å²) in [6.07, 6.45) is -2.53. The third-order valence-electron chi connectivity index (χ3n) is 4.50. The van der Waals surface area contributed by atoms with E-state index in [-0.39, 0.29) is 34.1 Å². The molecule has 1 aliphatic heterocycles. The first kappa shape index (κ1) is 16.9. The molecule has 2 heterocycles. The molecular formula is C17H16ClF3N2O. The Kier molecular flexibility index (Phi) is 4.11. The Labute approximate surface area is 142 Å². The van der Waals surface area contributed by atoms with E-state index < -0.39 is 11.6 Å². The van der Waals surface area contributed by atoms with Crippen LogP contribution < -0.4 is 10.0 Å². The molecular weight excluding hydrogens is 341 g/mol. The molecule has 3 nitrogen and oxygen atoms in total. The first-order chi connectivity index (χ1) is 11.3. The van der Waals surface area contributed by atoms with Gasteiger partial charge in [0.1, 0.15) is 11.1 Å². The SMILES string of the molecule is CCCCC1(C(F)(F)F)c2cc(Cl)ccc2Nc2c1ccc[n+]2[O-]. The van der Waals surface area contributed by atoms with Crippen molar-refractivity contribution < 1.29 is 17.9 Å². The minimum absolute atomic E-state index is 0.0595. The number of fused-ring (bicyclic) bond motifs is 2. The van der Waals surface area contributed by atoms with Crippen LogP contribution in [0.25, 0.3) is 0 Å². The molecule has 2 aromatic rings. The highest BCUT2D eigenvalue weighted by Gasteiger charge is 2.61. The molecule has 1 N–H and O–H groups in total. The average molecular weight is 357 g/mol. The minimum Gasteiger partial charge on any atom is -0.711 e. The third kappa shape index (κ3) is 2.40. The summed E-state index contributed by atoms with van der Waals surface area (Å²) in [5, 5.41) is 15.2. The van der Waals surface area contributed by atoms with E-state index in [9.17, 15) is 18.4 Å². The summed E-state index contributed by atoms with van der Waals surface area (Å²) in [5.41, 5.74) is -1.99. The molecule has 1 aromatic carbocycles. The van der Waals surface area contributed by atoms with Crippen molar-refractivity contribution in [3.05, 3.63) is 57.9 Å². The van der Waals surface area contributed by atoms with Gasteiger partial charge in [0.05, 0.1) is 11.8 Å². The normalized spacial score (nSPS) is 19.4. The smallest absolute Gasteiger partial charge is 0.402 e. The van der Waals surface area contributed by atoms with Crippen LogP contribution in [0, 0.1) is 5.21 Å². The van der Waals surface area contributed by atoms with Crippen molar-refractivity contribution >= 4 is 23.1 Å². The van der Waals surface area contributed by atoms with Crippen LogP contribution in [0.15, 0.2) is 36.5 Å². The van der Waals surface area contributed by atoms with Crippen LogP contribution in [-0.2, 0) is 5.41 Å². The number of aromatic nitrogens is 1. The summed E-state index contributed by atoms with van der Waals surface area (Å²) in [5.74, 6) is -0.0826. The minimum atomic E-state index is -4.56. The number of benzene rings is 1. The van der Waals surface area contributed by atoms with Gasteiger partial charge >= 0.3 is 6.18 Å². The van der Waals surface area contributed by atoms with Gasteiger partial charge in [0.25, 0.3) is 5.82 Å². The third-order valence-corrected chi connectivity index (χ3v) is 4.74. The number of halogens is 4. The van der Waals surface area contributed by atoms with Gasteiger partial charge in [0.2, 0.25) is 0 Å². The Hall–Kier alpha value is -1.95. The first-order valence-electron chi connectivity index (χ1n) is 7.67. The van der Waals surface area contributed by atoms with Gasteiger partial charge in [-0.15, -0.1) is 0 Å². The molecule has 0 radical (unpaired) electrons. The lowest BCUT2D eigenvalue weighted by atomic mass is 9.68. The van der Waals surface area contributed by atoms with Crippen LogP contribution in [0.1, 0.15) is 37.3 Å². The van der Waals surface area contributed by atoms with Crippen molar-refractivity contribution in [2.75, 3.05) is 5.32 Å². The number of unbranched alkanes of at least 4 members (excludes halogenated alkanes) is 1. The fraction of sp³-hybridized carbons (Fsp3) is 0.353. The second-order valence-corrected chi connectivity index (χ2v) is 6.35. The van der Waals surface area contributed by atoms with E-state index in [4.69, 9.17) is 11.6 Å². The molecule has 1 unspecified atom stereocenters. The molecule has 7 heteroatoms. The number of nitrogens with one attached hydrogen (secondary N) is 1. The second kappa shape index (κ2) is 5.84. The van der Waals surface area contributed by atoms with Gasteiger partial charge in [-0.25, -0.2) is 10.0 Å². The molecule has 0 spiro atoms. The van der Waals surface area contributed by atoms with Gasteiger partial charge in [0.15, 0.2) is 0 Å². The number of pyridine rings is 1. The lowest BCUT2D eigenvalue weighted by Crippen LogP contribution is -2.49. The summed E-state index contributed by atoms with van der Waals surface area (Å²) in [4.78, 5) is 0. The zero-order valence-corrected chi connectivity index (χ0v) is 13.7. The Bertz CT molecular complexity index is 775. The summed E-state index contributed by atoms with van der Waals surface area (Å²) >= 11 is 5.98. The van der Waals surface area contributed by atoms with Crippen molar-refractivity contribution in [3.63, 3.8) is 0 Å². The maximum absolute atomic E-state index is 14.4. The van der Waals surface area contributed by atoms with Gasteiger partial charge in [-0.3, -0.25) is 0 Å². The van der Waals surface area contributed by atoms with E-state index in [1.165, 1.54) is 36.5 Å². The number of anilines is 2. The zero-order chi connectivity index (χ0) is 17.5. The maximum atomic E-state index is 14.4. The van der Waals surface area contributed by atoms with Crippen LogP contribution >= 0.6 is 11.6 Å². The van der Waals surface area contributed by atoms with Gasteiger partial charge in [-0.1, -0.05) is 31.4 Å². The predicted octanol–water partition coefficient (Wildman–Crippen LogP) is 5.07. The summed E-state index contributed by atoms with van der Waals surface area (Å²) in [6, 6.07) is 7.05. The Balaban J connectivity index is 2.37. The maximum Gasteiger partial charge on any atom is 0.402 e. The summed E-state index contributed by atoms with van der Waals surface area (Å²) in [6.45, 7) is 1.84. The molecule has 1 atom stereocenters. The zero-order valence-electron chi connectivity index (χ0n) is 13.0. The van der Waals surface area contributed by atoms with Crippen molar-refractivity contribution in [2.24, 2.45) is 0 Å². The van der Waals surface area contributed by atoms with Crippen LogP contribution in [-0.4, -0.2) is 6.18 Å². The molecule has 128 valence electrons. The molecule has 1 aromatic heterocycles. The van der Waals surface area contributed by atoms with Crippen LogP contribution in [0.3, 0.4) is 0 Å². The summed E-state index contributed by atoms with van der Waals surface area (Å²) < 4.78 is 43.5. The quantitative estimate of drug-likeness (QED) is 0.616. The van der Waals surface area contributed by atoms with E-state index in [1.54, 1.807) is 0 Å². The van der Waals surface area contributed by atoms with Crippen molar-refractivity contribution in [3.8, 4) is 0 Å². The number of nitrogens with zero attached hydrogens (tertiary/aromatic N) is 1. The topological polar surface area (TPSA) is 39.0 Å². The Morgan fingerprint density at radius 2 is 2.00 bits per heavy atom.